The van der Waals surface area contributed by atoms with Gasteiger partial charge in [0.1, 0.15) is 10.8 Å². The minimum Gasteiger partial charge on any atom is -0.477 e. The zero-order valence-electron chi connectivity index (χ0n) is 15.1. The highest BCUT2D eigenvalue weighted by atomic mass is 35.5. The molecule has 0 fully saturated rings. The molecule has 26 heavy (non-hydrogen) atoms. The Balaban J connectivity index is 0.00000163. The van der Waals surface area contributed by atoms with E-state index in [1.165, 1.54) is 10.7 Å². The van der Waals surface area contributed by atoms with Crippen molar-refractivity contribution in [2.75, 3.05) is 20.5 Å². The van der Waals surface area contributed by atoms with Gasteiger partial charge >= 0.3 is 5.97 Å². The van der Waals surface area contributed by atoms with Gasteiger partial charge in [-0.3, -0.25) is 8.78 Å². The lowest BCUT2D eigenvalue weighted by atomic mass is 10.2. The fourth-order valence-corrected chi connectivity index (χ4v) is 2.01. The van der Waals surface area contributed by atoms with Crippen LogP contribution in [-0.4, -0.2) is 46.8 Å². The Morgan fingerprint density at radius 2 is 1.96 bits per heavy atom. The summed E-state index contributed by atoms with van der Waals surface area (Å²) >= 11 is 6.09. The number of halogens is 3. The molecule has 0 spiro atoms. The molecule has 9 heteroatoms. The Hall–Kier alpha value is -2.22. The zero-order valence-corrected chi connectivity index (χ0v) is 15.9. The number of alkyl halides is 2. The van der Waals surface area contributed by atoms with Crippen LogP contribution in [0.5, 0.6) is 5.88 Å². The molecule has 0 aliphatic heterocycles. The van der Waals surface area contributed by atoms with E-state index in [1.54, 1.807) is 39.1 Å². The third kappa shape index (κ3) is 6.59. The Morgan fingerprint density at radius 3 is 2.54 bits per heavy atom. The van der Waals surface area contributed by atoms with Gasteiger partial charge in [0.15, 0.2) is 5.82 Å². The fourth-order valence-electron chi connectivity index (χ4n) is 1.78. The number of carbonyl (C=O) groups excluding carboxylic acids is 1. The van der Waals surface area contributed by atoms with Crippen molar-refractivity contribution in [2.45, 2.75) is 32.8 Å². The minimum absolute atomic E-state index is 0.0251. The topological polar surface area (TPSA) is 66.2 Å². The third-order valence-electron chi connectivity index (χ3n) is 2.78. The molecule has 0 amide bonds. The van der Waals surface area contributed by atoms with Crippen LogP contribution in [0.3, 0.4) is 0 Å². The van der Waals surface area contributed by atoms with Crippen molar-refractivity contribution in [1.29, 1.82) is 0 Å². The van der Waals surface area contributed by atoms with Crippen molar-refractivity contribution in [1.82, 2.24) is 14.8 Å². The number of nitrogens with zero attached hydrogens (tertiary/aromatic N) is 3. The number of esters is 1. The predicted molar refractivity (Wildman–Crippen MR) is 94.7 cm³/mol. The SMILES string of the molecule is CC(C)(C)OC(=O)c1ccc(-n2ccc(OCCCF)n2)nc1Cl.CF. The van der Waals surface area contributed by atoms with Gasteiger partial charge in [0.05, 0.1) is 26.0 Å². The van der Waals surface area contributed by atoms with E-state index in [9.17, 15) is 13.6 Å². The van der Waals surface area contributed by atoms with Crippen LogP contribution in [0.25, 0.3) is 5.82 Å². The van der Waals surface area contributed by atoms with Gasteiger partial charge in [0.25, 0.3) is 0 Å². The van der Waals surface area contributed by atoms with Crippen molar-refractivity contribution in [3.63, 3.8) is 0 Å². The van der Waals surface area contributed by atoms with Crippen molar-refractivity contribution < 1.29 is 23.0 Å². The molecule has 0 N–H and O–H groups in total. The highest BCUT2D eigenvalue weighted by Crippen LogP contribution is 2.20. The van der Waals surface area contributed by atoms with E-state index in [0.29, 0.717) is 25.3 Å². The second kappa shape index (κ2) is 10.1. The van der Waals surface area contributed by atoms with Gasteiger partial charge in [-0.15, -0.1) is 5.10 Å². The van der Waals surface area contributed by atoms with Gasteiger partial charge in [0.2, 0.25) is 5.88 Å². The summed E-state index contributed by atoms with van der Waals surface area (Å²) in [5.74, 6) is 0.243. The van der Waals surface area contributed by atoms with Crippen LogP contribution < -0.4 is 4.74 Å². The largest absolute Gasteiger partial charge is 0.477 e. The summed E-state index contributed by atoms with van der Waals surface area (Å²) in [5.41, 5.74) is -0.436. The van der Waals surface area contributed by atoms with Gasteiger partial charge in [-0.05, 0) is 32.9 Å². The molecule has 2 aromatic heterocycles. The number of ether oxygens (including phenoxy) is 2. The Kier molecular flexibility index (Phi) is 8.44. The van der Waals surface area contributed by atoms with Crippen LogP contribution in [0.2, 0.25) is 5.15 Å². The quantitative estimate of drug-likeness (QED) is 0.421. The van der Waals surface area contributed by atoms with E-state index < -0.39 is 18.2 Å². The summed E-state index contributed by atoms with van der Waals surface area (Å²) in [4.78, 5) is 16.2. The van der Waals surface area contributed by atoms with Crippen LogP contribution in [0, 0.1) is 0 Å². The van der Waals surface area contributed by atoms with Crippen LogP contribution in [0.15, 0.2) is 24.4 Å². The first kappa shape index (κ1) is 21.8. The van der Waals surface area contributed by atoms with Crippen molar-refractivity contribution in [3.8, 4) is 11.7 Å². The number of hydrogen-bond donors (Lipinski definition) is 0. The smallest absolute Gasteiger partial charge is 0.341 e. The van der Waals surface area contributed by atoms with Crippen molar-refractivity contribution in [2.24, 2.45) is 0 Å². The van der Waals surface area contributed by atoms with Gasteiger partial charge in [-0.2, -0.15) is 0 Å². The van der Waals surface area contributed by atoms with E-state index in [-0.39, 0.29) is 17.3 Å². The highest BCUT2D eigenvalue weighted by Gasteiger charge is 2.21. The van der Waals surface area contributed by atoms with E-state index in [2.05, 4.69) is 10.1 Å². The first-order valence-electron chi connectivity index (χ1n) is 7.82. The molecular weight excluding hydrogens is 368 g/mol. The van der Waals surface area contributed by atoms with E-state index >= 15 is 0 Å². The van der Waals surface area contributed by atoms with Crippen LogP contribution >= 0.6 is 11.6 Å². The average Bonchev–Trinajstić information content (AvgIpc) is 3.04. The molecule has 0 atom stereocenters. The second-order valence-corrected chi connectivity index (χ2v) is 6.36. The lowest BCUT2D eigenvalue weighted by Gasteiger charge is -2.19. The van der Waals surface area contributed by atoms with Crippen LogP contribution in [0.1, 0.15) is 37.6 Å². The zero-order chi connectivity index (χ0) is 19.7. The Morgan fingerprint density at radius 1 is 1.27 bits per heavy atom. The molecule has 0 aliphatic carbocycles. The maximum absolute atomic E-state index is 12.1. The molecule has 0 saturated carbocycles. The van der Waals surface area contributed by atoms with Gasteiger partial charge in [0, 0.05) is 18.7 Å². The molecule has 0 aromatic carbocycles. The molecule has 0 bridgehead atoms. The first-order chi connectivity index (χ1) is 12.3. The van der Waals surface area contributed by atoms with Gasteiger partial charge < -0.3 is 9.47 Å². The lowest BCUT2D eigenvalue weighted by molar-refractivity contribution is 0.00693. The molecule has 2 aromatic rings. The summed E-state index contributed by atoms with van der Waals surface area (Å²) < 4.78 is 33.6. The minimum atomic E-state index is -0.618. The summed E-state index contributed by atoms with van der Waals surface area (Å²) in [6, 6.07) is 4.77. The summed E-state index contributed by atoms with van der Waals surface area (Å²) in [5, 5.41) is 4.19. The maximum atomic E-state index is 12.1. The van der Waals surface area contributed by atoms with E-state index in [0.717, 1.165) is 0 Å². The average molecular weight is 390 g/mol. The number of carbonyl (C=O) groups is 1. The molecule has 2 rings (SSSR count). The molecule has 0 saturated heterocycles. The summed E-state index contributed by atoms with van der Waals surface area (Å²) in [7, 11) is 0.500. The molecule has 144 valence electrons. The third-order valence-corrected chi connectivity index (χ3v) is 3.07. The number of aromatic nitrogens is 3. The molecule has 0 unspecified atom stereocenters. The molecule has 0 radical (unpaired) electrons. The molecule has 0 aliphatic rings. The second-order valence-electron chi connectivity index (χ2n) is 6.00. The van der Waals surface area contributed by atoms with Crippen molar-refractivity contribution in [3.05, 3.63) is 35.1 Å². The van der Waals surface area contributed by atoms with E-state index in [4.69, 9.17) is 21.1 Å². The normalized spacial score (nSPS) is 10.7. The van der Waals surface area contributed by atoms with Crippen molar-refractivity contribution >= 4 is 17.6 Å². The number of rotatable bonds is 6. The Labute approximate surface area is 156 Å². The van der Waals surface area contributed by atoms with Crippen LogP contribution in [0.4, 0.5) is 8.78 Å². The maximum Gasteiger partial charge on any atom is 0.341 e. The summed E-state index contributed by atoms with van der Waals surface area (Å²) in [6.45, 7) is 5.13. The highest BCUT2D eigenvalue weighted by molar-refractivity contribution is 6.32. The standard InChI is InChI=1S/C16H19ClFN3O3.CH3F/c1-16(2,3)24-15(22)11-5-6-12(19-14(11)17)21-9-7-13(20-21)23-10-4-8-18;1-2/h5-7,9H,4,8,10H2,1-3H3;1H3. The number of pyridine rings is 1. The van der Waals surface area contributed by atoms with E-state index in [1.807, 2.05) is 0 Å². The van der Waals surface area contributed by atoms with Gasteiger partial charge in [-0.25, -0.2) is 14.5 Å². The summed E-state index contributed by atoms with van der Waals surface area (Å²) in [6.07, 6.45) is 1.94. The van der Waals surface area contributed by atoms with Crippen LogP contribution in [-0.2, 0) is 4.74 Å². The lowest BCUT2D eigenvalue weighted by Crippen LogP contribution is -2.24. The van der Waals surface area contributed by atoms with Gasteiger partial charge in [-0.1, -0.05) is 11.6 Å². The molecular formula is C17H22ClF2N3O3. The fraction of sp³-hybridized carbons (Fsp3) is 0.471. The molecule has 2 heterocycles. The first-order valence-corrected chi connectivity index (χ1v) is 8.20. The molecule has 6 nitrogen and oxygen atoms in total. The monoisotopic (exact) mass is 389 g/mol. The predicted octanol–water partition coefficient (Wildman–Crippen LogP) is 4.20. The Bertz CT molecular complexity index is 718. The number of hydrogen-bond acceptors (Lipinski definition) is 5.